The monoisotopic (exact) mass is 505 g/mol. The van der Waals surface area contributed by atoms with Crippen LogP contribution >= 0.6 is 23.5 Å². The lowest BCUT2D eigenvalue weighted by molar-refractivity contribution is 0.282. The predicted molar refractivity (Wildman–Crippen MR) is 140 cm³/mol. The van der Waals surface area contributed by atoms with Crippen molar-refractivity contribution in [1.29, 1.82) is 0 Å². The van der Waals surface area contributed by atoms with E-state index in [0.717, 1.165) is 78.9 Å². The van der Waals surface area contributed by atoms with E-state index in [9.17, 15) is 14.4 Å². The van der Waals surface area contributed by atoms with Crippen molar-refractivity contribution in [3.8, 4) is 0 Å². The lowest BCUT2D eigenvalue weighted by Crippen LogP contribution is -2.54. The molecule has 0 aromatic carbocycles. The second-order valence-electron chi connectivity index (χ2n) is 8.10. The minimum absolute atomic E-state index is 0.253. The van der Waals surface area contributed by atoms with Gasteiger partial charge in [0.2, 0.25) is 0 Å². The minimum atomic E-state index is -0.505. The van der Waals surface area contributed by atoms with E-state index in [1.54, 1.807) is 6.92 Å². The van der Waals surface area contributed by atoms with Crippen LogP contribution < -0.4 is 17.1 Å². The highest BCUT2D eigenvalue weighted by molar-refractivity contribution is 7.99. The molecule has 0 amide bonds. The van der Waals surface area contributed by atoms with Crippen molar-refractivity contribution in [2.45, 2.75) is 90.8 Å². The Bertz CT molecular complexity index is 747. The molecule has 0 aliphatic carbocycles. The fourth-order valence-electron chi connectivity index (χ4n) is 3.53. The quantitative estimate of drug-likeness (QED) is 0.247. The Hall–Kier alpha value is -0.970. The van der Waals surface area contributed by atoms with Crippen molar-refractivity contribution < 1.29 is 10.2 Å². The number of hydrogen-bond acceptors (Lipinski definition) is 7. The molecule has 8 nitrogen and oxygen atoms in total. The summed E-state index contributed by atoms with van der Waals surface area (Å²) in [5, 5.41) is 17.6. The van der Waals surface area contributed by atoms with Crippen LogP contribution in [0.2, 0.25) is 0 Å². The van der Waals surface area contributed by atoms with Crippen molar-refractivity contribution in [2.24, 2.45) is 0 Å². The zero-order valence-corrected chi connectivity index (χ0v) is 21.8. The van der Waals surface area contributed by atoms with Crippen molar-refractivity contribution in [1.82, 2.24) is 13.7 Å². The first-order chi connectivity index (χ1) is 16.1. The summed E-state index contributed by atoms with van der Waals surface area (Å²) in [5.74, 6) is 3.81. The Morgan fingerprint density at radius 1 is 0.545 bits per heavy atom. The standard InChI is InChI=1S/C23H43N3O5S2/c1-2-24-21(29)25(13-11-19-32-17-9-5-3-7-15-27)23(31)26(22(24)30)14-12-20-33-18-10-6-4-8-16-28/h27-28H,2-20H2,1H3. The molecular weight excluding hydrogens is 462 g/mol. The number of aliphatic hydroxyl groups excluding tert-OH is 2. The first kappa shape index (κ1) is 30.1. The summed E-state index contributed by atoms with van der Waals surface area (Å²) < 4.78 is 3.60. The molecule has 0 saturated carbocycles. The molecule has 2 N–H and O–H groups in total. The van der Waals surface area contributed by atoms with E-state index in [0.29, 0.717) is 25.9 Å². The smallest absolute Gasteiger partial charge is 0.336 e. The molecule has 1 aromatic rings. The van der Waals surface area contributed by atoms with Gasteiger partial charge in [-0.2, -0.15) is 23.5 Å². The molecule has 0 spiro atoms. The maximum absolute atomic E-state index is 12.9. The summed E-state index contributed by atoms with van der Waals surface area (Å²) in [4.78, 5) is 38.2. The number of hydrogen-bond donors (Lipinski definition) is 2. The van der Waals surface area contributed by atoms with Gasteiger partial charge in [-0.05, 0) is 68.5 Å². The van der Waals surface area contributed by atoms with Gasteiger partial charge in [-0.3, -0.25) is 0 Å². The number of aliphatic hydroxyl groups is 2. The van der Waals surface area contributed by atoms with Gasteiger partial charge in [0, 0.05) is 32.8 Å². The zero-order valence-electron chi connectivity index (χ0n) is 20.2. The third kappa shape index (κ3) is 11.8. The van der Waals surface area contributed by atoms with Crippen LogP contribution in [0.4, 0.5) is 0 Å². The average molecular weight is 506 g/mol. The van der Waals surface area contributed by atoms with E-state index in [1.807, 2.05) is 23.5 Å². The Labute approximate surface area is 205 Å². The van der Waals surface area contributed by atoms with Gasteiger partial charge in [-0.25, -0.2) is 28.1 Å². The second-order valence-corrected chi connectivity index (χ2v) is 10.6. The second kappa shape index (κ2) is 19.3. The summed E-state index contributed by atoms with van der Waals surface area (Å²) in [6.45, 7) is 3.18. The summed E-state index contributed by atoms with van der Waals surface area (Å²) in [6, 6.07) is 0. The zero-order chi connectivity index (χ0) is 24.3. The van der Waals surface area contributed by atoms with Gasteiger partial charge < -0.3 is 10.2 Å². The molecule has 0 aliphatic rings. The molecule has 1 heterocycles. The lowest BCUT2D eigenvalue weighted by Gasteiger charge is -2.13. The maximum atomic E-state index is 12.9. The van der Waals surface area contributed by atoms with Gasteiger partial charge in [0.15, 0.2) is 0 Å². The van der Waals surface area contributed by atoms with Crippen LogP contribution in [0, 0.1) is 0 Å². The van der Waals surface area contributed by atoms with Gasteiger partial charge >= 0.3 is 17.1 Å². The molecule has 1 aromatic heterocycles. The third-order valence-corrected chi connectivity index (χ3v) is 7.75. The van der Waals surface area contributed by atoms with Crippen LogP contribution in [0.15, 0.2) is 14.4 Å². The van der Waals surface area contributed by atoms with E-state index in [-0.39, 0.29) is 19.8 Å². The van der Waals surface area contributed by atoms with Gasteiger partial charge in [0.25, 0.3) is 0 Å². The first-order valence-corrected chi connectivity index (χ1v) is 14.7. The molecule has 0 fully saturated rings. The summed E-state index contributed by atoms with van der Waals surface area (Å²) in [5.41, 5.74) is -1.50. The van der Waals surface area contributed by atoms with Crippen molar-refractivity contribution in [3.63, 3.8) is 0 Å². The highest BCUT2D eigenvalue weighted by Gasteiger charge is 2.14. The summed E-state index contributed by atoms with van der Waals surface area (Å²) >= 11 is 3.63. The molecule has 0 bridgehead atoms. The van der Waals surface area contributed by atoms with Crippen LogP contribution in [0.3, 0.4) is 0 Å². The normalized spacial score (nSPS) is 11.4. The number of thioether (sulfide) groups is 2. The first-order valence-electron chi connectivity index (χ1n) is 12.4. The van der Waals surface area contributed by atoms with E-state index >= 15 is 0 Å². The molecule has 192 valence electrons. The average Bonchev–Trinajstić information content (AvgIpc) is 2.81. The third-order valence-electron chi connectivity index (χ3n) is 5.44. The minimum Gasteiger partial charge on any atom is -0.396 e. The van der Waals surface area contributed by atoms with Crippen molar-refractivity contribution in [3.05, 3.63) is 31.5 Å². The molecule has 33 heavy (non-hydrogen) atoms. The number of rotatable bonds is 21. The van der Waals surface area contributed by atoms with Gasteiger partial charge in [0.1, 0.15) is 0 Å². The Kier molecular flexibility index (Phi) is 17.6. The van der Waals surface area contributed by atoms with Crippen LogP contribution in [0.1, 0.15) is 71.1 Å². The van der Waals surface area contributed by atoms with E-state index in [2.05, 4.69) is 0 Å². The maximum Gasteiger partial charge on any atom is 0.336 e. The van der Waals surface area contributed by atoms with Gasteiger partial charge in [-0.1, -0.05) is 25.7 Å². The Balaban J connectivity index is 2.52. The van der Waals surface area contributed by atoms with Crippen molar-refractivity contribution in [2.75, 3.05) is 36.2 Å². The van der Waals surface area contributed by atoms with Crippen LogP contribution in [-0.2, 0) is 19.6 Å². The molecule has 0 unspecified atom stereocenters. The molecule has 0 saturated heterocycles. The van der Waals surface area contributed by atoms with Crippen molar-refractivity contribution >= 4 is 23.5 Å². The largest absolute Gasteiger partial charge is 0.396 e. The molecule has 0 atom stereocenters. The van der Waals surface area contributed by atoms with Gasteiger partial charge in [0.05, 0.1) is 0 Å². The van der Waals surface area contributed by atoms with E-state index < -0.39 is 17.1 Å². The fourth-order valence-corrected chi connectivity index (χ4v) is 5.42. The van der Waals surface area contributed by atoms with E-state index in [4.69, 9.17) is 10.2 Å². The Morgan fingerprint density at radius 2 is 0.909 bits per heavy atom. The molecule has 0 aliphatic heterocycles. The van der Waals surface area contributed by atoms with Gasteiger partial charge in [-0.15, -0.1) is 0 Å². The highest BCUT2D eigenvalue weighted by atomic mass is 32.2. The van der Waals surface area contributed by atoms with Crippen LogP contribution in [0.5, 0.6) is 0 Å². The molecule has 1 rings (SSSR count). The van der Waals surface area contributed by atoms with Crippen LogP contribution in [0.25, 0.3) is 0 Å². The molecule has 0 radical (unpaired) electrons. The number of nitrogens with zero attached hydrogens (tertiary/aromatic N) is 3. The Morgan fingerprint density at radius 3 is 1.30 bits per heavy atom. The van der Waals surface area contributed by atoms with Crippen LogP contribution in [-0.4, -0.2) is 60.1 Å². The topological polar surface area (TPSA) is 106 Å². The lowest BCUT2D eigenvalue weighted by atomic mass is 10.2. The highest BCUT2D eigenvalue weighted by Crippen LogP contribution is 2.10. The summed E-state index contributed by atoms with van der Waals surface area (Å²) in [6.07, 6.45) is 9.69. The molecular formula is C23H43N3O5S2. The predicted octanol–water partition coefficient (Wildman–Crippen LogP) is 2.54. The van der Waals surface area contributed by atoms with E-state index in [1.165, 1.54) is 9.13 Å². The SMILES string of the molecule is CCn1c(=O)n(CCCSCCCCCCO)c(=O)n(CCCSCCCCCCO)c1=O. The summed E-state index contributed by atoms with van der Waals surface area (Å²) in [7, 11) is 0. The fraction of sp³-hybridized carbons (Fsp3) is 0.870. The number of unbranched alkanes of at least 4 members (excludes halogenated alkanes) is 6. The molecule has 10 heteroatoms. The number of aromatic nitrogens is 3.